The van der Waals surface area contributed by atoms with E-state index in [-0.39, 0.29) is 0 Å². The fourth-order valence-corrected chi connectivity index (χ4v) is 0.670. The van der Waals surface area contributed by atoms with Gasteiger partial charge in [-0.2, -0.15) is 0 Å². The molecule has 0 fully saturated rings. The van der Waals surface area contributed by atoms with E-state index in [2.05, 4.69) is 13.8 Å². The van der Waals surface area contributed by atoms with Crippen LogP contribution >= 0.6 is 0 Å². The number of hydrogen-bond acceptors (Lipinski definition) is 0. The van der Waals surface area contributed by atoms with Crippen LogP contribution in [0.5, 0.6) is 0 Å². The van der Waals surface area contributed by atoms with E-state index in [4.69, 9.17) is 0 Å². The summed E-state index contributed by atoms with van der Waals surface area (Å²) in [6.07, 6.45) is 3.15. The number of hydrogen-bond donors (Lipinski definition) is 0. The zero-order valence-corrected chi connectivity index (χ0v) is 6.41. The molecule has 0 saturated carbocycles. The van der Waals surface area contributed by atoms with Gasteiger partial charge in [0.2, 0.25) is 0 Å². The summed E-state index contributed by atoms with van der Waals surface area (Å²) < 4.78 is 12.9. The molecule has 0 aromatic rings. The maximum atomic E-state index is 12.9. The molecule has 0 aliphatic rings. The second-order valence-electron chi connectivity index (χ2n) is 2.61. The van der Waals surface area contributed by atoms with Crippen molar-refractivity contribution in [2.45, 2.75) is 45.2 Å². The zero-order chi connectivity index (χ0) is 7.33. The number of unbranched alkanes of at least 4 members (excludes halogenated alkanes) is 1. The highest BCUT2D eigenvalue weighted by atomic mass is 19.1. The Kier molecular flexibility index (Phi) is 3.83. The van der Waals surface area contributed by atoms with E-state index >= 15 is 0 Å². The molecule has 1 atom stereocenters. The highest BCUT2D eigenvalue weighted by Crippen LogP contribution is 2.21. The first-order chi connectivity index (χ1) is 4.12. The Bertz CT molecular complexity index is 67.0. The Morgan fingerprint density at radius 3 is 2.33 bits per heavy atom. The third kappa shape index (κ3) is 4.43. The van der Waals surface area contributed by atoms with Crippen LogP contribution in [0.4, 0.5) is 4.39 Å². The maximum absolute atomic E-state index is 12.9. The molecule has 0 saturated heterocycles. The SMILES string of the molecule is [CH2]C(F)(CC)CCCC. The first-order valence-corrected chi connectivity index (χ1v) is 3.66. The quantitative estimate of drug-likeness (QED) is 0.550. The van der Waals surface area contributed by atoms with Gasteiger partial charge >= 0.3 is 0 Å². The lowest BCUT2D eigenvalue weighted by atomic mass is 9.99. The van der Waals surface area contributed by atoms with Gasteiger partial charge in [-0.3, -0.25) is 0 Å². The van der Waals surface area contributed by atoms with Crippen LogP contribution in [-0.4, -0.2) is 5.67 Å². The summed E-state index contributed by atoms with van der Waals surface area (Å²) in [6.45, 7) is 7.36. The third-order valence-corrected chi connectivity index (χ3v) is 1.61. The summed E-state index contributed by atoms with van der Waals surface area (Å²) in [5.41, 5.74) is -1.16. The number of alkyl halides is 1. The average Bonchev–Trinajstić information content (AvgIpc) is 1.84. The molecule has 1 heteroatoms. The molecule has 0 spiro atoms. The summed E-state index contributed by atoms with van der Waals surface area (Å²) >= 11 is 0. The molecule has 9 heavy (non-hydrogen) atoms. The lowest BCUT2D eigenvalue weighted by molar-refractivity contribution is 0.198. The minimum Gasteiger partial charge on any atom is -0.244 e. The van der Waals surface area contributed by atoms with E-state index in [0.717, 1.165) is 12.8 Å². The van der Waals surface area contributed by atoms with Gasteiger partial charge in [0.25, 0.3) is 0 Å². The van der Waals surface area contributed by atoms with E-state index in [9.17, 15) is 4.39 Å². The fraction of sp³-hybridized carbons (Fsp3) is 0.875. The van der Waals surface area contributed by atoms with E-state index < -0.39 is 5.67 Å². The van der Waals surface area contributed by atoms with Crippen molar-refractivity contribution in [3.05, 3.63) is 6.92 Å². The predicted octanol–water partition coefficient (Wildman–Crippen LogP) is 3.13. The van der Waals surface area contributed by atoms with Gasteiger partial charge in [-0.05, 0) is 19.8 Å². The highest BCUT2D eigenvalue weighted by molar-refractivity contribution is 4.79. The Balaban J connectivity index is 3.33. The van der Waals surface area contributed by atoms with Crippen molar-refractivity contribution in [2.75, 3.05) is 0 Å². The molecule has 55 valence electrons. The molecule has 0 heterocycles. The van der Waals surface area contributed by atoms with E-state index in [1.165, 1.54) is 0 Å². The first kappa shape index (κ1) is 8.93. The monoisotopic (exact) mass is 131 g/mol. The molecule has 0 amide bonds. The lowest BCUT2D eigenvalue weighted by Crippen LogP contribution is -2.15. The molecule has 0 aromatic carbocycles. The molecule has 0 N–H and O–H groups in total. The predicted molar refractivity (Wildman–Crippen MR) is 39.0 cm³/mol. The van der Waals surface area contributed by atoms with Crippen molar-refractivity contribution in [3.63, 3.8) is 0 Å². The standard InChI is InChI=1S/C8H16F/c1-4-6-7-8(3,9)5-2/h3-7H2,1-2H3. The molecule has 0 aliphatic heterocycles. The maximum Gasteiger partial charge on any atom is 0.111 e. The smallest absolute Gasteiger partial charge is 0.111 e. The molecule has 0 aliphatic carbocycles. The van der Waals surface area contributed by atoms with Gasteiger partial charge in [0.15, 0.2) is 0 Å². The molecule has 0 nitrogen and oxygen atoms in total. The van der Waals surface area contributed by atoms with Crippen LogP contribution in [0.25, 0.3) is 0 Å². The van der Waals surface area contributed by atoms with Gasteiger partial charge in [0, 0.05) is 0 Å². The highest BCUT2D eigenvalue weighted by Gasteiger charge is 2.18. The Morgan fingerprint density at radius 1 is 1.44 bits per heavy atom. The summed E-state index contributed by atoms with van der Waals surface area (Å²) in [7, 11) is 0. The molecular weight excluding hydrogens is 115 g/mol. The zero-order valence-electron chi connectivity index (χ0n) is 6.41. The normalized spacial score (nSPS) is 17.3. The molecule has 0 aromatic heterocycles. The van der Waals surface area contributed by atoms with Gasteiger partial charge in [-0.15, -0.1) is 0 Å². The molecule has 1 radical (unpaired) electrons. The summed E-state index contributed by atoms with van der Waals surface area (Å²) in [4.78, 5) is 0. The molecular formula is C8H16F. The Morgan fingerprint density at radius 2 is 2.00 bits per heavy atom. The van der Waals surface area contributed by atoms with Crippen LogP contribution < -0.4 is 0 Å². The Hall–Kier alpha value is -0.0700. The summed E-state index contributed by atoms with van der Waals surface area (Å²) in [5, 5.41) is 0. The lowest BCUT2D eigenvalue weighted by Gasteiger charge is -2.16. The van der Waals surface area contributed by atoms with Crippen LogP contribution in [0.3, 0.4) is 0 Å². The van der Waals surface area contributed by atoms with Crippen molar-refractivity contribution in [2.24, 2.45) is 0 Å². The third-order valence-electron chi connectivity index (χ3n) is 1.61. The van der Waals surface area contributed by atoms with Crippen molar-refractivity contribution in [1.82, 2.24) is 0 Å². The van der Waals surface area contributed by atoms with Crippen LogP contribution in [-0.2, 0) is 0 Å². The minimum atomic E-state index is -1.16. The van der Waals surface area contributed by atoms with Crippen LogP contribution in [0, 0.1) is 6.92 Å². The van der Waals surface area contributed by atoms with Crippen LogP contribution in [0.15, 0.2) is 0 Å². The minimum absolute atomic E-state index is 0.535. The summed E-state index contributed by atoms with van der Waals surface area (Å²) in [6, 6.07) is 0. The molecule has 0 bridgehead atoms. The van der Waals surface area contributed by atoms with Crippen LogP contribution in [0.2, 0.25) is 0 Å². The molecule has 0 rings (SSSR count). The van der Waals surface area contributed by atoms with Gasteiger partial charge in [-0.25, -0.2) is 4.39 Å². The van der Waals surface area contributed by atoms with E-state index in [0.29, 0.717) is 12.8 Å². The number of halogens is 1. The fourth-order valence-electron chi connectivity index (χ4n) is 0.670. The van der Waals surface area contributed by atoms with Crippen LogP contribution in [0.1, 0.15) is 39.5 Å². The van der Waals surface area contributed by atoms with Crippen molar-refractivity contribution >= 4 is 0 Å². The number of rotatable bonds is 4. The summed E-state index contributed by atoms with van der Waals surface area (Å²) in [5.74, 6) is 0. The van der Waals surface area contributed by atoms with Crippen molar-refractivity contribution in [3.8, 4) is 0 Å². The van der Waals surface area contributed by atoms with E-state index in [1.807, 2.05) is 6.92 Å². The van der Waals surface area contributed by atoms with Gasteiger partial charge < -0.3 is 0 Å². The second-order valence-corrected chi connectivity index (χ2v) is 2.61. The second kappa shape index (κ2) is 3.86. The Labute approximate surface area is 57.5 Å². The molecule has 1 unspecified atom stereocenters. The largest absolute Gasteiger partial charge is 0.244 e. The van der Waals surface area contributed by atoms with Crippen molar-refractivity contribution in [1.29, 1.82) is 0 Å². The first-order valence-electron chi connectivity index (χ1n) is 3.66. The average molecular weight is 131 g/mol. The van der Waals surface area contributed by atoms with Gasteiger partial charge in [0.1, 0.15) is 5.67 Å². The van der Waals surface area contributed by atoms with E-state index in [1.54, 1.807) is 0 Å². The van der Waals surface area contributed by atoms with Gasteiger partial charge in [-0.1, -0.05) is 26.7 Å². The van der Waals surface area contributed by atoms with Gasteiger partial charge in [0.05, 0.1) is 0 Å². The van der Waals surface area contributed by atoms with Crippen molar-refractivity contribution < 1.29 is 4.39 Å². The topological polar surface area (TPSA) is 0 Å².